The molecule has 13 heavy (non-hydrogen) atoms. The second-order valence-corrected chi connectivity index (χ2v) is 4.78. The van der Waals surface area contributed by atoms with Crippen molar-refractivity contribution in [1.82, 2.24) is 9.78 Å². The van der Waals surface area contributed by atoms with Gasteiger partial charge < -0.3 is 0 Å². The highest BCUT2D eigenvalue weighted by molar-refractivity contribution is 7.89. The third-order valence-corrected chi connectivity index (χ3v) is 2.68. The van der Waals surface area contributed by atoms with Gasteiger partial charge in [-0.05, 0) is 13.8 Å². The summed E-state index contributed by atoms with van der Waals surface area (Å²) in [5.41, 5.74) is 0. The number of primary sulfonamides is 1. The van der Waals surface area contributed by atoms with Crippen molar-refractivity contribution in [2.45, 2.75) is 24.9 Å². The molecule has 1 aromatic heterocycles. The van der Waals surface area contributed by atoms with E-state index >= 15 is 0 Å². The van der Waals surface area contributed by atoms with Crippen LogP contribution in [0.4, 0.5) is 0 Å². The number of rotatable bonds is 2. The van der Waals surface area contributed by atoms with Crippen molar-refractivity contribution in [2.75, 3.05) is 0 Å². The molecular weight excluding hydrogens is 214 g/mol. The summed E-state index contributed by atoms with van der Waals surface area (Å²) >= 11 is 5.63. The van der Waals surface area contributed by atoms with Crippen LogP contribution >= 0.6 is 11.6 Å². The Hall–Kier alpha value is -0.590. The number of hydrogen-bond acceptors (Lipinski definition) is 3. The van der Waals surface area contributed by atoms with Crippen molar-refractivity contribution in [2.24, 2.45) is 5.14 Å². The van der Waals surface area contributed by atoms with E-state index < -0.39 is 10.0 Å². The van der Waals surface area contributed by atoms with Crippen LogP contribution in [0.15, 0.2) is 11.2 Å². The van der Waals surface area contributed by atoms with Crippen LogP contribution in [0.1, 0.15) is 19.9 Å². The molecular formula is C6H10ClN3O2S. The van der Waals surface area contributed by atoms with E-state index in [-0.39, 0.29) is 16.1 Å². The molecule has 0 aliphatic carbocycles. The molecule has 0 atom stereocenters. The fourth-order valence-electron chi connectivity index (χ4n) is 0.810. The van der Waals surface area contributed by atoms with Gasteiger partial charge in [-0.3, -0.25) is 4.68 Å². The van der Waals surface area contributed by atoms with Crippen LogP contribution in [-0.4, -0.2) is 18.2 Å². The van der Waals surface area contributed by atoms with Crippen LogP contribution in [0.5, 0.6) is 0 Å². The van der Waals surface area contributed by atoms with Gasteiger partial charge in [0.15, 0.2) is 0 Å². The Morgan fingerprint density at radius 1 is 1.62 bits per heavy atom. The predicted octanol–water partition coefficient (Wildman–Crippen LogP) is 0.765. The summed E-state index contributed by atoms with van der Waals surface area (Å²) < 4.78 is 23.3. The molecule has 0 aromatic carbocycles. The van der Waals surface area contributed by atoms with E-state index in [0.29, 0.717) is 0 Å². The van der Waals surface area contributed by atoms with E-state index in [4.69, 9.17) is 16.7 Å². The molecule has 0 aliphatic rings. The van der Waals surface area contributed by atoms with Crippen LogP contribution in [0.2, 0.25) is 5.02 Å². The third-order valence-electron chi connectivity index (χ3n) is 1.45. The number of nitrogens with zero attached hydrogens (tertiary/aromatic N) is 2. The van der Waals surface area contributed by atoms with Crippen molar-refractivity contribution in [1.29, 1.82) is 0 Å². The van der Waals surface area contributed by atoms with Crippen LogP contribution in [0.25, 0.3) is 0 Å². The van der Waals surface area contributed by atoms with E-state index in [2.05, 4.69) is 5.10 Å². The van der Waals surface area contributed by atoms with Gasteiger partial charge in [-0.15, -0.1) is 0 Å². The minimum absolute atomic E-state index is 0.0491. The molecule has 1 aromatic rings. The van der Waals surface area contributed by atoms with Gasteiger partial charge in [0.25, 0.3) is 10.0 Å². The van der Waals surface area contributed by atoms with E-state index in [0.717, 1.165) is 0 Å². The second kappa shape index (κ2) is 3.28. The first-order valence-corrected chi connectivity index (χ1v) is 5.52. The SMILES string of the molecule is CC(C)n1cc(Cl)c(S(N)(=O)=O)n1. The Labute approximate surface area is 81.5 Å². The van der Waals surface area contributed by atoms with Gasteiger partial charge in [0.05, 0.1) is 5.02 Å². The topological polar surface area (TPSA) is 78.0 Å². The molecule has 0 fully saturated rings. The summed E-state index contributed by atoms with van der Waals surface area (Å²) in [7, 11) is -3.81. The smallest absolute Gasteiger partial charge is 0.258 e. The van der Waals surface area contributed by atoms with Crippen molar-refractivity contribution in [3.05, 3.63) is 11.2 Å². The summed E-state index contributed by atoms with van der Waals surface area (Å²) in [6, 6.07) is 0.0491. The third kappa shape index (κ3) is 2.20. The number of halogens is 1. The highest BCUT2D eigenvalue weighted by atomic mass is 35.5. The molecule has 0 saturated carbocycles. The molecule has 74 valence electrons. The summed E-state index contributed by atoms with van der Waals surface area (Å²) in [5.74, 6) is 0. The molecule has 0 unspecified atom stereocenters. The van der Waals surface area contributed by atoms with Gasteiger partial charge in [-0.1, -0.05) is 11.6 Å². The Bertz CT molecular complexity index is 410. The molecule has 7 heteroatoms. The quantitative estimate of drug-likeness (QED) is 0.804. The largest absolute Gasteiger partial charge is 0.267 e. The first kappa shape index (κ1) is 10.5. The van der Waals surface area contributed by atoms with Gasteiger partial charge >= 0.3 is 0 Å². The number of sulfonamides is 1. The lowest BCUT2D eigenvalue weighted by molar-refractivity contribution is 0.516. The van der Waals surface area contributed by atoms with Gasteiger partial charge in [-0.25, -0.2) is 13.6 Å². The fraction of sp³-hybridized carbons (Fsp3) is 0.500. The molecule has 0 amide bonds. The molecule has 5 nitrogen and oxygen atoms in total. The normalized spacial score (nSPS) is 12.4. The summed E-state index contributed by atoms with van der Waals surface area (Å²) in [4.78, 5) is 0. The average molecular weight is 224 g/mol. The molecule has 0 spiro atoms. The molecule has 0 radical (unpaired) electrons. The van der Waals surface area contributed by atoms with E-state index in [1.54, 1.807) is 0 Å². The maximum Gasteiger partial charge on any atom is 0.258 e. The monoisotopic (exact) mass is 223 g/mol. The second-order valence-electron chi connectivity index (χ2n) is 2.90. The number of hydrogen-bond donors (Lipinski definition) is 1. The van der Waals surface area contributed by atoms with Gasteiger partial charge in [-0.2, -0.15) is 5.10 Å². The van der Waals surface area contributed by atoms with Crippen LogP contribution in [0, 0.1) is 0 Å². The Morgan fingerprint density at radius 2 is 2.15 bits per heavy atom. The lowest BCUT2D eigenvalue weighted by Gasteiger charge is -2.02. The van der Waals surface area contributed by atoms with Crippen molar-refractivity contribution in [3.8, 4) is 0 Å². The zero-order chi connectivity index (χ0) is 10.2. The first-order valence-electron chi connectivity index (χ1n) is 3.60. The maximum absolute atomic E-state index is 10.9. The first-order chi connectivity index (χ1) is 5.82. The fourth-order valence-corrected chi connectivity index (χ4v) is 1.80. The van der Waals surface area contributed by atoms with Crippen molar-refractivity contribution < 1.29 is 8.42 Å². The minimum Gasteiger partial charge on any atom is -0.267 e. The van der Waals surface area contributed by atoms with Crippen LogP contribution < -0.4 is 5.14 Å². The van der Waals surface area contributed by atoms with E-state index in [1.807, 2.05) is 13.8 Å². The predicted molar refractivity (Wildman–Crippen MR) is 49.0 cm³/mol. The average Bonchev–Trinajstić information content (AvgIpc) is 2.29. The number of nitrogens with two attached hydrogens (primary N) is 1. The maximum atomic E-state index is 10.9. The Kier molecular flexibility index (Phi) is 2.65. The van der Waals surface area contributed by atoms with E-state index in [1.165, 1.54) is 10.9 Å². The Balaban J connectivity index is 3.27. The van der Waals surface area contributed by atoms with Crippen molar-refractivity contribution >= 4 is 21.6 Å². The molecule has 1 rings (SSSR count). The number of aromatic nitrogens is 2. The Morgan fingerprint density at radius 3 is 2.38 bits per heavy atom. The minimum atomic E-state index is -3.81. The van der Waals surface area contributed by atoms with Crippen molar-refractivity contribution in [3.63, 3.8) is 0 Å². The van der Waals surface area contributed by atoms with Gasteiger partial charge in [0.2, 0.25) is 5.03 Å². The van der Waals surface area contributed by atoms with Crippen LogP contribution in [0.3, 0.4) is 0 Å². The van der Waals surface area contributed by atoms with E-state index in [9.17, 15) is 8.42 Å². The molecule has 0 aliphatic heterocycles. The van der Waals surface area contributed by atoms with Crippen LogP contribution in [-0.2, 0) is 10.0 Å². The molecule has 0 bridgehead atoms. The lowest BCUT2D eigenvalue weighted by Crippen LogP contribution is -2.14. The zero-order valence-corrected chi connectivity index (χ0v) is 8.80. The standard InChI is InChI=1S/C6H10ClN3O2S/c1-4(2)10-3-5(7)6(9-10)13(8,11)12/h3-4H,1-2H3,(H2,8,11,12). The van der Waals surface area contributed by atoms with Gasteiger partial charge in [0, 0.05) is 12.2 Å². The lowest BCUT2D eigenvalue weighted by atomic mass is 10.4. The highest BCUT2D eigenvalue weighted by Gasteiger charge is 2.18. The molecule has 0 saturated heterocycles. The summed E-state index contributed by atoms with van der Waals surface area (Å²) in [6.45, 7) is 3.71. The molecule has 2 N–H and O–H groups in total. The molecule has 1 heterocycles. The zero-order valence-electron chi connectivity index (χ0n) is 7.23. The summed E-state index contributed by atoms with van der Waals surface area (Å²) in [5, 5.41) is 8.41. The summed E-state index contributed by atoms with van der Waals surface area (Å²) in [6.07, 6.45) is 1.44. The highest BCUT2D eigenvalue weighted by Crippen LogP contribution is 2.19. The van der Waals surface area contributed by atoms with Gasteiger partial charge in [0.1, 0.15) is 0 Å².